The van der Waals surface area contributed by atoms with E-state index in [0.717, 1.165) is 11.1 Å². The number of aliphatic hydroxyl groups excluding tert-OH is 1. The van der Waals surface area contributed by atoms with E-state index in [9.17, 15) is 0 Å². The molecular formula is C14H19N3O2. The maximum atomic E-state index is 8.94. The molecule has 5 nitrogen and oxygen atoms in total. The lowest BCUT2D eigenvalue weighted by atomic mass is 10.1. The molecule has 0 aliphatic rings. The molecule has 0 amide bonds. The van der Waals surface area contributed by atoms with Crippen LogP contribution in [0.4, 0.5) is 0 Å². The second-order valence-electron chi connectivity index (χ2n) is 4.65. The fourth-order valence-corrected chi connectivity index (χ4v) is 1.88. The summed E-state index contributed by atoms with van der Waals surface area (Å²) in [7, 11) is 1.92. The molecule has 2 aromatic rings. The predicted molar refractivity (Wildman–Crippen MR) is 72.6 cm³/mol. The summed E-state index contributed by atoms with van der Waals surface area (Å²) >= 11 is 0. The van der Waals surface area contributed by atoms with Crippen LogP contribution >= 0.6 is 0 Å². The van der Waals surface area contributed by atoms with Crippen molar-refractivity contribution in [3.05, 3.63) is 35.7 Å². The molecular weight excluding hydrogens is 242 g/mol. The van der Waals surface area contributed by atoms with Crippen molar-refractivity contribution < 1.29 is 9.63 Å². The summed E-state index contributed by atoms with van der Waals surface area (Å²) in [6, 6.07) is 7.92. The Morgan fingerprint density at radius 2 is 2.11 bits per heavy atom. The Morgan fingerprint density at radius 3 is 2.79 bits per heavy atom. The van der Waals surface area contributed by atoms with Crippen LogP contribution in [0.15, 0.2) is 28.8 Å². The van der Waals surface area contributed by atoms with E-state index in [-0.39, 0.29) is 12.6 Å². The maximum absolute atomic E-state index is 8.94. The van der Waals surface area contributed by atoms with Crippen molar-refractivity contribution in [2.24, 2.45) is 0 Å². The third-order valence-corrected chi connectivity index (χ3v) is 3.30. The van der Waals surface area contributed by atoms with Gasteiger partial charge in [0.2, 0.25) is 11.7 Å². The van der Waals surface area contributed by atoms with Crippen molar-refractivity contribution in [1.82, 2.24) is 15.0 Å². The number of hydrogen-bond donors (Lipinski definition) is 1. The highest BCUT2D eigenvalue weighted by atomic mass is 16.5. The molecule has 5 heteroatoms. The molecule has 0 saturated heterocycles. The van der Waals surface area contributed by atoms with Crippen LogP contribution in [0.25, 0.3) is 11.4 Å². The first-order valence-electron chi connectivity index (χ1n) is 6.34. The molecule has 0 spiro atoms. The smallest absolute Gasteiger partial charge is 0.244 e. The van der Waals surface area contributed by atoms with E-state index >= 15 is 0 Å². The molecule has 0 saturated carbocycles. The fourth-order valence-electron chi connectivity index (χ4n) is 1.88. The van der Waals surface area contributed by atoms with Gasteiger partial charge < -0.3 is 9.63 Å². The molecule has 0 bridgehead atoms. The van der Waals surface area contributed by atoms with E-state index in [2.05, 4.69) is 10.1 Å². The largest absolute Gasteiger partial charge is 0.395 e. The van der Waals surface area contributed by atoms with Crippen molar-refractivity contribution in [3.63, 3.8) is 0 Å². The van der Waals surface area contributed by atoms with E-state index < -0.39 is 0 Å². The van der Waals surface area contributed by atoms with Gasteiger partial charge in [-0.3, -0.25) is 4.90 Å². The van der Waals surface area contributed by atoms with Gasteiger partial charge in [0.1, 0.15) is 0 Å². The molecule has 0 aliphatic carbocycles. The number of aryl methyl sites for hydroxylation is 1. The summed E-state index contributed by atoms with van der Waals surface area (Å²) < 4.78 is 5.32. The minimum absolute atomic E-state index is 0.0163. The Kier molecular flexibility index (Phi) is 4.29. The summed E-state index contributed by atoms with van der Waals surface area (Å²) in [5.41, 5.74) is 2.10. The van der Waals surface area contributed by atoms with Gasteiger partial charge in [-0.15, -0.1) is 0 Å². The van der Waals surface area contributed by atoms with Gasteiger partial charge in [-0.2, -0.15) is 4.98 Å². The molecule has 1 heterocycles. The van der Waals surface area contributed by atoms with Crippen LogP contribution in [-0.4, -0.2) is 40.3 Å². The summed E-state index contributed by atoms with van der Waals surface area (Å²) in [6.45, 7) is 4.68. The highest BCUT2D eigenvalue weighted by molar-refractivity contribution is 5.58. The van der Waals surface area contributed by atoms with E-state index in [0.29, 0.717) is 18.3 Å². The lowest BCUT2D eigenvalue weighted by molar-refractivity contribution is 0.165. The fraction of sp³-hybridized carbons (Fsp3) is 0.429. The number of rotatable bonds is 5. The van der Waals surface area contributed by atoms with Gasteiger partial charge in [0.05, 0.1) is 12.6 Å². The zero-order valence-corrected chi connectivity index (χ0v) is 11.5. The molecule has 19 heavy (non-hydrogen) atoms. The summed E-state index contributed by atoms with van der Waals surface area (Å²) in [5.74, 6) is 1.17. The van der Waals surface area contributed by atoms with Crippen molar-refractivity contribution in [2.75, 3.05) is 20.2 Å². The van der Waals surface area contributed by atoms with E-state index in [1.807, 2.05) is 50.1 Å². The van der Waals surface area contributed by atoms with Crippen molar-refractivity contribution in [1.29, 1.82) is 0 Å². The third kappa shape index (κ3) is 3.00. The molecule has 2 rings (SSSR count). The average Bonchev–Trinajstić information content (AvgIpc) is 2.88. The van der Waals surface area contributed by atoms with E-state index in [4.69, 9.17) is 9.63 Å². The zero-order chi connectivity index (χ0) is 13.8. The van der Waals surface area contributed by atoms with Crippen molar-refractivity contribution in [2.45, 2.75) is 19.9 Å². The molecule has 1 aromatic carbocycles. The minimum atomic E-state index is -0.0163. The van der Waals surface area contributed by atoms with Gasteiger partial charge in [0, 0.05) is 12.1 Å². The molecule has 1 unspecified atom stereocenters. The Hall–Kier alpha value is -1.72. The van der Waals surface area contributed by atoms with Gasteiger partial charge in [-0.05, 0) is 26.5 Å². The molecule has 0 fully saturated rings. The molecule has 0 radical (unpaired) electrons. The Morgan fingerprint density at radius 1 is 1.37 bits per heavy atom. The topological polar surface area (TPSA) is 62.4 Å². The number of nitrogens with zero attached hydrogens (tertiary/aromatic N) is 3. The normalized spacial score (nSPS) is 12.9. The van der Waals surface area contributed by atoms with Crippen LogP contribution in [0.3, 0.4) is 0 Å². The predicted octanol–water partition coefficient (Wildman–Crippen LogP) is 2.03. The first kappa shape index (κ1) is 13.7. The lowest BCUT2D eigenvalue weighted by Gasteiger charge is -2.19. The Balaban J connectivity index is 2.22. The molecule has 0 aliphatic heterocycles. The number of hydrogen-bond acceptors (Lipinski definition) is 5. The summed E-state index contributed by atoms with van der Waals surface area (Å²) in [6.07, 6.45) is 0. The maximum Gasteiger partial charge on any atom is 0.244 e. The van der Waals surface area contributed by atoms with E-state index in [1.165, 1.54) is 0 Å². The van der Waals surface area contributed by atoms with E-state index in [1.54, 1.807) is 0 Å². The van der Waals surface area contributed by atoms with Gasteiger partial charge in [0.25, 0.3) is 0 Å². The first-order chi connectivity index (χ1) is 9.13. The SMILES string of the molecule is Cc1ccccc1-c1noc(C(C)N(C)CCO)n1. The number of aliphatic hydroxyl groups is 1. The van der Waals surface area contributed by atoms with Crippen molar-refractivity contribution >= 4 is 0 Å². The average molecular weight is 261 g/mol. The minimum Gasteiger partial charge on any atom is -0.395 e. The standard InChI is InChI=1S/C14H19N3O2/c1-10-6-4-5-7-12(10)13-15-14(19-16-13)11(2)17(3)8-9-18/h4-7,11,18H,8-9H2,1-3H3. The van der Waals surface area contributed by atoms with Crippen LogP contribution in [0.1, 0.15) is 24.4 Å². The highest BCUT2D eigenvalue weighted by Gasteiger charge is 2.19. The van der Waals surface area contributed by atoms with Gasteiger partial charge >= 0.3 is 0 Å². The number of likely N-dealkylation sites (N-methyl/N-ethyl adjacent to an activating group) is 1. The monoisotopic (exact) mass is 261 g/mol. The Labute approximate surface area is 112 Å². The van der Waals surface area contributed by atoms with Crippen LogP contribution in [0.5, 0.6) is 0 Å². The molecule has 1 atom stereocenters. The molecule has 1 N–H and O–H groups in total. The van der Waals surface area contributed by atoms with Crippen molar-refractivity contribution in [3.8, 4) is 11.4 Å². The second-order valence-corrected chi connectivity index (χ2v) is 4.65. The van der Waals surface area contributed by atoms with Gasteiger partial charge in [-0.25, -0.2) is 0 Å². The summed E-state index contributed by atoms with van der Waals surface area (Å²) in [5, 5.41) is 13.0. The Bertz CT molecular complexity index is 539. The highest BCUT2D eigenvalue weighted by Crippen LogP contribution is 2.23. The lowest BCUT2D eigenvalue weighted by Crippen LogP contribution is -2.25. The zero-order valence-electron chi connectivity index (χ0n) is 11.5. The van der Waals surface area contributed by atoms with Crippen LogP contribution in [0.2, 0.25) is 0 Å². The molecule has 1 aromatic heterocycles. The van der Waals surface area contributed by atoms with Crippen LogP contribution in [-0.2, 0) is 0 Å². The first-order valence-corrected chi connectivity index (χ1v) is 6.34. The van der Waals surface area contributed by atoms with Crippen LogP contribution < -0.4 is 0 Å². The number of benzene rings is 1. The van der Waals surface area contributed by atoms with Crippen LogP contribution in [0, 0.1) is 6.92 Å². The number of aromatic nitrogens is 2. The third-order valence-electron chi connectivity index (χ3n) is 3.30. The summed E-state index contributed by atoms with van der Waals surface area (Å²) in [4.78, 5) is 6.41. The second kappa shape index (κ2) is 5.95. The van der Waals surface area contributed by atoms with Gasteiger partial charge in [0.15, 0.2) is 0 Å². The molecule has 102 valence electrons. The van der Waals surface area contributed by atoms with Gasteiger partial charge in [-0.1, -0.05) is 29.4 Å². The quantitative estimate of drug-likeness (QED) is 0.892.